The molecule has 4 N–H and O–H groups in total. The summed E-state index contributed by atoms with van der Waals surface area (Å²) in [7, 11) is 1.57. The summed E-state index contributed by atoms with van der Waals surface area (Å²) >= 11 is 0. The summed E-state index contributed by atoms with van der Waals surface area (Å²) in [5, 5.41) is 0. The van der Waals surface area contributed by atoms with Gasteiger partial charge in [-0.05, 0) is 6.42 Å². The van der Waals surface area contributed by atoms with E-state index in [1.165, 1.54) is 6.07 Å². The van der Waals surface area contributed by atoms with Crippen LogP contribution in [0, 0.1) is 5.82 Å². The van der Waals surface area contributed by atoms with Crippen LogP contribution in [-0.4, -0.2) is 72.7 Å². The Morgan fingerprint density at radius 1 is 1.15 bits per heavy atom. The van der Waals surface area contributed by atoms with Gasteiger partial charge in [0.05, 0.1) is 13.0 Å². The van der Waals surface area contributed by atoms with Crippen LogP contribution < -0.4 is 16.4 Å². The second-order valence-electron chi connectivity index (χ2n) is 7.61. The third-order valence-corrected chi connectivity index (χ3v) is 5.25. The van der Waals surface area contributed by atoms with Crippen molar-refractivity contribution >= 4 is 23.9 Å². The highest BCUT2D eigenvalue weighted by molar-refractivity contribution is 5.87. The first-order valence-corrected chi connectivity index (χ1v) is 10.8. The van der Waals surface area contributed by atoms with Gasteiger partial charge < -0.3 is 30.7 Å². The molecule has 12 heteroatoms. The maximum Gasteiger partial charge on any atom is 0.437 e. The number of methoxy groups -OCH3 is 1. The number of benzene rings is 1. The van der Waals surface area contributed by atoms with Crippen molar-refractivity contribution in [1.29, 1.82) is 0 Å². The number of aliphatic imine (C=N–C) groups is 1. The second-order valence-corrected chi connectivity index (χ2v) is 7.61. The fourth-order valence-electron chi connectivity index (χ4n) is 3.53. The fourth-order valence-corrected chi connectivity index (χ4v) is 3.53. The van der Waals surface area contributed by atoms with Gasteiger partial charge >= 0.3 is 6.09 Å². The van der Waals surface area contributed by atoms with E-state index in [4.69, 9.17) is 20.9 Å². The molecular formula is C22H28FN7O4. The highest BCUT2D eigenvalue weighted by Crippen LogP contribution is 2.25. The van der Waals surface area contributed by atoms with Gasteiger partial charge in [-0.15, -0.1) is 4.99 Å². The number of halogens is 1. The number of carbonyl (C=O) groups is 2. The van der Waals surface area contributed by atoms with Gasteiger partial charge in [0.25, 0.3) is 0 Å². The molecule has 1 saturated heterocycles. The van der Waals surface area contributed by atoms with Crippen LogP contribution in [0.1, 0.15) is 18.4 Å². The Morgan fingerprint density at radius 2 is 1.91 bits per heavy atom. The van der Waals surface area contributed by atoms with Gasteiger partial charge in [-0.3, -0.25) is 4.79 Å². The van der Waals surface area contributed by atoms with Gasteiger partial charge in [0, 0.05) is 62.4 Å². The molecule has 182 valence electrons. The van der Waals surface area contributed by atoms with Gasteiger partial charge in [0.1, 0.15) is 12.4 Å². The molecule has 0 unspecified atom stereocenters. The minimum absolute atomic E-state index is 0.0688. The monoisotopic (exact) mass is 473 g/mol. The zero-order valence-electron chi connectivity index (χ0n) is 18.9. The molecule has 0 saturated carbocycles. The number of aromatic nitrogens is 2. The quantitative estimate of drug-likeness (QED) is 0.448. The lowest BCUT2D eigenvalue weighted by atomic mass is 10.1. The number of hydrogen-bond acceptors (Lipinski definition) is 7. The van der Waals surface area contributed by atoms with Crippen LogP contribution in [-0.2, 0) is 20.9 Å². The van der Waals surface area contributed by atoms with Gasteiger partial charge in [0.15, 0.2) is 5.96 Å². The molecule has 1 aliphatic rings. The van der Waals surface area contributed by atoms with Gasteiger partial charge in [-0.2, -0.15) is 0 Å². The van der Waals surface area contributed by atoms with Crippen molar-refractivity contribution in [1.82, 2.24) is 14.9 Å². The van der Waals surface area contributed by atoms with Crippen molar-refractivity contribution in [2.75, 3.05) is 44.8 Å². The lowest BCUT2D eigenvalue weighted by Gasteiger charge is -2.22. The van der Waals surface area contributed by atoms with Crippen LogP contribution in [0.5, 0.6) is 0 Å². The number of nitrogens with two attached hydrogens (primary N) is 2. The number of ether oxygens (including phenoxy) is 2. The van der Waals surface area contributed by atoms with Crippen LogP contribution in [0.25, 0.3) is 11.1 Å². The van der Waals surface area contributed by atoms with Gasteiger partial charge in [0.2, 0.25) is 11.9 Å². The highest BCUT2D eigenvalue weighted by Gasteiger charge is 2.20. The second kappa shape index (κ2) is 11.9. The zero-order chi connectivity index (χ0) is 24.5. The molecule has 34 heavy (non-hydrogen) atoms. The lowest BCUT2D eigenvalue weighted by Crippen LogP contribution is -2.36. The Kier molecular flexibility index (Phi) is 8.68. The topological polar surface area (TPSA) is 149 Å². The van der Waals surface area contributed by atoms with Crippen LogP contribution in [0.15, 0.2) is 35.6 Å². The Hall–Kier alpha value is -3.80. The first kappa shape index (κ1) is 24.8. The summed E-state index contributed by atoms with van der Waals surface area (Å²) in [6, 6.07) is 4.72. The molecule has 0 aliphatic carbocycles. The average Bonchev–Trinajstić information content (AvgIpc) is 3.08. The normalized spacial score (nSPS) is 13.8. The van der Waals surface area contributed by atoms with Crippen LogP contribution in [0.4, 0.5) is 15.1 Å². The Morgan fingerprint density at radius 3 is 2.62 bits per heavy atom. The van der Waals surface area contributed by atoms with E-state index in [0.717, 1.165) is 6.42 Å². The Balaban J connectivity index is 1.66. The molecule has 2 aromatic rings. The molecule has 0 radical (unpaired) electrons. The number of nitrogens with zero attached hydrogens (tertiary/aromatic N) is 5. The number of guanidine groups is 1. The largest absolute Gasteiger partial charge is 0.443 e. The molecule has 1 aliphatic heterocycles. The first-order valence-electron chi connectivity index (χ1n) is 10.8. The third kappa shape index (κ3) is 6.61. The van der Waals surface area contributed by atoms with E-state index in [1.54, 1.807) is 31.6 Å². The minimum atomic E-state index is -1.01. The average molecular weight is 474 g/mol. The molecule has 1 aromatic carbocycles. The Labute approximate surface area is 196 Å². The van der Waals surface area contributed by atoms with Crippen molar-refractivity contribution < 1.29 is 23.5 Å². The molecule has 3 rings (SSSR count). The van der Waals surface area contributed by atoms with Crippen LogP contribution >= 0.6 is 0 Å². The summed E-state index contributed by atoms with van der Waals surface area (Å²) in [6.07, 6.45) is 3.23. The molecule has 2 amide bonds. The van der Waals surface area contributed by atoms with E-state index in [9.17, 15) is 14.0 Å². The minimum Gasteiger partial charge on any atom is -0.443 e. The maximum absolute atomic E-state index is 15.0. The number of amides is 2. The predicted molar refractivity (Wildman–Crippen MR) is 123 cm³/mol. The summed E-state index contributed by atoms with van der Waals surface area (Å²) < 4.78 is 24.9. The summed E-state index contributed by atoms with van der Waals surface area (Å²) in [5.74, 6) is -0.417. The molecule has 0 bridgehead atoms. The summed E-state index contributed by atoms with van der Waals surface area (Å²) in [4.78, 5) is 39.6. The molecule has 1 fully saturated rings. The van der Waals surface area contributed by atoms with Gasteiger partial charge in [-0.1, -0.05) is 18.2 Å². The molecule has 1 aromatic heterocycles. The van der Waals surface area contributed by atoms with Crippen molar-refractivity contribution in [2.24, 2.45) is 16.5 Å². The van der Waals surface area contributed by atoms with Crippen molar-refractivity contribution in [2.45, 2.75) is 19.4 Å². The zero-order valence-corrected chi connectivity index (χ0v) is 18.9. The molecule has 2 heterocycles. The lowest BCUT2D eigenvalue weighted by molar-refractivity contribution is -0.131. The maximum atomic E-state index is 15.0. The summed E-state index contributed by atoms with van der Waals surface area (Å²) in [5.41, 5.74) is 11.1. The predicted octanol–water partition coefficient (Wildman–Crippen LogP) is 1.27. The van der Waals surface area contributed by atoms with E-state index in [-0.39, 0.29) is 23.6 Å². The standard InChI is InChI=1S/C22H28FN7O4/c1-33-11-6-18(31)29-7-3-8-30(10-9-29)21-26-12-16(13-27-21)17-5-2-4-15(19(17)23)14-34-22(32)28-20(24)25/h2,4-5,12-13H,3,6-11,14H2,1H3,(H4,24,25,28,32). The number of carbonyl (C=O) groups excluding carboxylic acids is 2. The smallest absolute Gasteiger partial charge is 0.437 e. The molecular weight excluding hydrogens is 445 g/mol. The van der Waals surface area contributed by atoms with E-state index in [2.05, 4.69) is 15.0 Å². The van der Waals surface area contributed by atoms with Crippen molar-refractivity contribution in [3.05, 3.63) is 42.0 Å². The SMILES string of the molecule is COCCC(=O)N1CCCN(c2ncc(-c3cccc(COC(=O)N=C(N)N)c3F)cn2)CC1. The number of anilines is 1. The molecule has 11 nitrogen and oxygen atoms in total. The number of hydrogen-bond donors (Lipinski definition) is 2. The first-order chi connectivity index (χ1) is 16.4. The van der Waals surface area contributed by atoms with E-state index in [1.807, 2.05) is 9.80 Å². The van der Waals surface area contributed by atoms with Crippen LogP contribution in [0.2, 0.25) is 0 Å². The Bertz CT molecular complexity index is 1030. The highest BCUT2D eigenvalue weighted by atomic mass is 19.1. The van der Waals surface area contributed by atoms with Crippen LogP contribution in [0.3, 0.4) is 0 Å². The van der Waals surface area contributed by atoms with E-state index in [0.29, 0.717) is 50.7 Å². The van der Waals surface area contributed by atoms with Gasteiger partial charge in [-0.25, -0.2) is 19.2 Å². The molecule has 0 spiro atoms. The summed E-state index contributed by atoms with van der Waals surface area (Å²) in [6.45, 7) is 2.62. The third-order valence-electron chi connectivity index (χ3n) is 5.25. The van der Waals surface area contributed by atoms with E-state index >= 15 is 0 Å². The molecule has 0 atom stereocenters. The number of rotatable bonds is 7. The van der Waals surface area contributed by atoms with E-state index < -0.39 is 17.9 Å². The van der Waals surface area contributed by atoms with Crippen molar-refractivity contribution in [3.8, 4) is 11.1 Å². The fraction of sp³-hybridized carbons (Fsp3) is 0.409. The van der Waals surface area contributed by atoms with Crippen molar-refractivity contribution in [3.63, 3.8) is 0 Å².